The van der Waals surface area contributed by atoms with Crippen LogP contribution < -0.4 is 5.56 Å². The molecule has 0 saturated heterocycles. The number of benzene rings is 2. The Morgan fingerprint density at radius 1 is 1.21 bits per heavy atom. The minimum absolute atomic E-state index is 0.00428. The van der Waals surface area contributed by atoms with E-state index in [9.17, 15) is 19.3 Å². The Balaban J connectivity index is 1.76. The Morgan fingerprint density at radius 2 is 2.00 bits per heavy atom. The largest absolute Gasteiger partial charge is 0.330 e. The molecular formula is C19H13FN4O3S. The number of thioether (sulfide) groups is 1. The zero-order valence-corrected chi connectivity index (χ0v) is 15.3. The minimum Gasteiger partial charge on any atom is -0.330 e. The molecule has 5 rings (SSSR count). The van der Waals surface area contributed by atoms with Crippen molar-refractivity contribution in [2.75, 3.05) is 5.75 Å². The fourth-order valence-electron chi connectivity index (χ4n) is 3.62. The van der Waals surface area contributed by atoms with Gasteiger partial charge < -0.3 is 4.57 Å². The molecule has 0 aliphatic carbocycles. The first kappa shape index (κ1) is 16.9. The smallest absolute Gasteiger partial charge is 0.278 e. The summed E-state index contributed by atoms with van der Waals surface area (Å²) in [6.07, 6.45) is 0. The van der Waals surface area contributed by atoms with Crippen molar-refractivity contribution in [3.8, 4) is 0 Å². The van der Waals surface area contributed by atoms with Gasteiger partial charge in [0.05, 0.1) is 10.4 Å². The van der Waals surface area contributed by atoms with E-state index in [1.165, 1.54) is 36.0 Å². The molecule has 28 heavy (non-hydrogen) atoms. The number of fused-ring (bicyclic) bond motifs is 4. The Hall–Kier alpha value is -3.20. The first-order valence-corrected chi connectivity index (χ1v) is 9.60. The minimum atomic E-state index is -0.454. The van der Waals surface area contributed by atoms with Crippen molar-refractivity contribution >= 4 is 39.4 Å². The van der Waals surface area contributed by atoms with Gasteiger partial charge in [0.2, 0.25) is 0 Å². The van der Waals surface area contributed by atoms with Gasteiger partial charge in [-0.25, -0.2) is 9.37 Å². The van der Waals surface area contributed by atoms with E-state index < -0.39 is 10.7 Å². The predicted octanol–water partition coefficient (Wildman–Crippen LogP) is 3.55. The van der Waals surface area contributed by atoms with Gasteiger partial charge in [0.25, 0.3) is 11.2 Å². The molecular weight excluding hydrogens is 383 g/mol. The number of rotatable bonds is 3. The van der Waals surface area contributed by atoms with Crippen LogP contribution in [-0.4, -0.2) is 24.8 Å². The molecule has 0 saturated carbocycles. The quantitative estimate of drug-likeness (QED) is 0.300. The van der Waals surface area contributed by atoms with Gasteiger partial charge in [0, 0.05) is 36.4 Å². The molecule has 9 heteroatoms. The van der Waals surface area contributed by atoms with Crippen molar-refractivity contribution < 1.29 is 9.31 Å². The number of nitrogens with zero attached hydrogens (tertiary/aromatic N) is 4. The molecule has 3 heterocycles. The van der Waals surface area contributed by atoms with Crippen LogP contribution in [0.4, 0.5) is 10.1 Å². The van der Waals surface area contributed by atoms with Crippen molar-refractivity contribution in [1.29, 1.82) is 0 Å². The molecule has 0 amide bonds. The highest BCUT2D eigenvalue weighted by Crippen LogP contribution is 2.31. The van der Waals surface area contributed by atoms with Gasteiger partial charge in [-0.2, -0.15) is 0 Å². The van der Waals surface area contributed by atoms with E-state index in [0.717, 1.165) is 11.3 Å². The SMILES string of the molecule is O=c1c2c(nc3n1CCS3)c1cc(F)ccc1n2Cc1ccc([N+](=O)[O-])cc1. The molecule has 2 aromatic carbocycles. The second-order valence-electron chi connectivity index (χ2n) is 6.57. The number of halogens is 1. The van der Waals surface area contributed by atoms with E-state index in [4.69, 9.17) is 0 Å². The van der Waals surface area contributed by atoms with Crippen LogP contribution in [0.1, 0.15) is 5.56 Å². The lowest BCUT2D eigenvalue weighted by molar-refractivity contribution is -0.384. The lowest BCUT2D eigenvalue weighted by Crippen LogP contribution is -2.22. The second-order valence-corrected chi connectivity index (χ2v) is 7.63. The van der Waals surface area contributed by atoms with E-state index in [-0.39, 0.29) is 11.2 Å². The summed E-state index contributed by atoms with van der Waals surface area (Å²) in [4.78, 5) is 28.2. The van der Waals surface area contributed by atoms with E-state index in [1.807, 2.05) is 4.57 Å². The third-order valence-electron chi connectivity index (χ3n) is 4.92. The molecule has 0 N–H and O–H groups in total. The first-order valence-electron chi connectivity index (χ1n) is 8.61. The summed E-state index contributed by atoms with van der Waals surface area (Å²) >= 11 is 1.51. The number of nitro groups is 1. The number of aromatic nitrogens is 3. The molecule has 4 aromatic rings. The van der Waals surface area contributed by atoms with Crippen molar-refractivity contribution in [2.24, 2.45) is 0 Å². The second kappa shape index (κ2) is 6.16. The Labute approximate surface area is 161 Å². The number of hydrogen-bond acceptors (Lipinski definition) is 5. The number of nitro benzene ring substituents is 1. The van der Waals surface area contributed by atoms with Gasteiger partial charge in [0.1, 0.15) is 16.9 Å². The Morgan fingerprint density at radius 3 is 2.75 bits per heavy atom. The molecule has 7 nitrogen and oxygen atoms in total. The molecule has 2 aromatic heterocycles. The Bertz CT molecular complexity index is 1330. The number of hydrogen-bond donors (Lipinski definition) is 0. The normalized spacial score (nSPS) is 13.3. The fraction of sp³-hybridized carbons (Fsp3) is 0.158. The van der Waals surface area contributed by atoms with E-state index in [0.29, 0.717) is 40.2 Å². The highest BCUT2D eigenvalue weighted by Gasteiger charge is 2.23. The zero-order valence-electron chi connectivity index (χ0n) is 14.5. The van der Waals surface area contributed by atoms with Crippen LogP contribution in [0.5, 0.6) is 0 Å². The summed E-state index contributed by atoms with van der Waals surface area (Å²) in [6.45, 7) is 0.919. The van der Waals surface area contributed by atoms with E-state index in [1.54, 1.807) is 22.8 Å². The summed E-state index contributed by atoms with van der Waals surface area (Å²) in [7, 11) is 0. The highest BCUT2D eigenvalue weighted by molar-refractivity contribution is 7.99. The Kier molecular flexibility index (Phi) is 3.73. The maximum absolute atomic E-state index is 13.9. The van der Waals surface area contributed by atoms with E-state index >= 15 is 0 Å². The summed E-state index contributed by atoms with van der Waals surface area (Å²) in [5, 5.41) is 12.1. The van der Waals surface area contributed by atoms with Gasteiger partial charge >= 0.3 is 0 Å². The third kappa shape index (κ3) is 2.50. The van der Waals surface area contributed by atoms with Gasteiger partial charge in [-0.1, -0.05) is 23.9 Å². The van der Waals surface area contributed by atoms with Crippen LogP contribution in [0.25, 0.3) is 21.9 Å². The number of non-ortho nitro benzene ring substituents is 1. The van der Waals surface area contributed by atoms with Crippen LogP contribution >= 0.6 is 11.8 Å². The average Bonchev–Trinajstić information content (AvgIpc) is 3.26. The van der Waals surface area contributed by atoms with Crippen LogP contribution in [0.2, 0.25) is 0 Å². The van der Waals surface area contributed by atoms with E-state index in [2.05, 4.69) is 4.98 Å². The van der Waals surface area contributed by atoms with Gasteiger partial charge in [-0.05, 0) is 23.8 Å². The maximum Gasteiger partial charge on any atom is 0.278 e. The molecule has 140 valence electrons. The molecule has 0 fully saturated rings. The summed E-state index contributed by atoms with van der Waals surface area (Å²) in [6, 6.07) is 10.6. The molecule has 0 bridgehead atoms. The lowest BCUT2D eigenvalue weighted by atomic mass is 10.2. The molecule has 1 aliphatic heterocycles. The highest BCUT2D eigenvalue weighted by atomic mass is 32.2. The van der Waals surface area contributed by atoms with Crippen LogP contribution in [0.3, 0.4) is 0 Å². The lowest BCUT2D eigenvalue weighted by Gasteiger charge is -2.08. The van der Waals surface area contributed by atoms with Crippen LogP contribution in [0, 0.1) is 15.9 Å². The van der Waals surface area contributed by atoms with Gasteiger partial charge in [0.15, 0.2) is 5.16 Å². The molecule has 0 unspecified atom stereocenters. The topological polar surface area (TPSA) is 83.0 Å². The average molecular weight is 396 g/mol. The standard InChI is InChI=1S/C19H13FN4O3S/c20-12-3-6-15-14(9-12)16-17(18(25)22-7-8-28-19(22)21-16)23(15)10-11-1-4-13(5-2-11)24(26)27/h1-6,9H,7-8,10H2. The summed E-state index contributed by atoms with van der Waals surface area (Å²) < 4.78 is 17.4. The van der Waals surface area contributed by atoms with Gasteiger partial charge in [-0.15, -0.1) is 0 Å². The van der Waals surface area contributed by atoms with Crippen LogP contribution in [-0.2, 0) is 13.1 Å². The zero-order chi connectivity index (χ0) is 19.4. The third-order valence-corrected chi connectivity index (χ3v) is 5.88. The fourth-order valence-corrected chi connectivity index (χ4v) is 4.56. The monoisotopic (exact) mass is 396 g/mol. The maximum atomic E-state index is 13.9. The van der Waals surface area contributed by atoms with Crippen molar-refractivity contribution in [3.05, 3.63) is 74.3 Å². The predicted molar refractivity (Wildman–Crippen MR) is 104 cm³/mol. The summed E-state index contributed by atoms with van der Waals surface area (Å²) in [5.41, 5.74) is 2.27. The van der Waals surface area contributed by atoms with Crippen molar-refractivity contribution in [1.82, 2.24) is 14.1 Å². The summed E-state index contributed by atoms with van der Waals surface area (Å²) in [5.74, 6) is 0.390. The molecule has 1 aliphatic rings. The van der Waals surface area contributed by atoms with Crippen LogP contribution in [0.15, 0.2) is 52.4 Å². The van der Waals surface area contributed by atoms with Gasteiger partial charge in [-0.3, -0.25) is 19.5 Å². The van der Waals surface area contributed by atoms with Crippen molar-refractivity contribution in [2.45, 2.75) is 18.2 Å². The molecule has 0 spiro atoms. The molecule has 0 atom stereocenters. The molecule has 0 radical (unpaired) electrons. The van der Waals surface area contributed by atoms with Crippen molar-refractivity contribution in [3.63, 3.8) is 0 Å². The first-order chi connectivity index (χ1) is 13.5.